The van der Waals surface area contributed by atoms with Crippen LogP contribution in [0.3, 0.4) is 0 Å². The van der Waals surface area contributed by atoms with Crippen molar-refractivity contribution in [3.8, 4) is 0 Å². The van der Waals surface area contributed by atoms with Gasteiger partial charge in [-0.15, -0.1) is 0 Å². The number of aliphatic carboxylic acids is 1. The number of thioether (sulfide) groups is 1. The van der Waals surface area contributed by atoms with E-state index in [1.54, 1.807) is 18.7 Å². The first kappa shape index (κ1) is 19.4. The third-order valence-electron chi connectivity index (χ3n) is 5.49. The Balaban J connectivity index is 1.80. The van der Waals surface area contributed by atoms with Crippen molar-refractivity contribution in [1.29, 1.82) is 0 Å². The Bertz CT molecular complexity index is 1010. The lowest BCUT2D eigenvalue weighted by atomic mass is 9.77. The number of carboxylic acids is 1. The maximum atomic E-state index is 12.5. The Morgan fingerprint density at radius 2 is 2.25 bits per heavy atom. The standard InChI is InChI=1S/C18H22N4O4S2/c1-8-11(14(18(25)26)22-13(8)12(9(2)23)15(22)24)10-6-21-7-20(3)16(17(21)28-10)27-5-4-19/h6-9,12-13,23H,4-5,19H2,1-3H3/t8-,9+,12+,13+/m0/s1. The van der Waals surface area contributed by atoms with Crippen molar-refractivity contribution < 1.29 is 24.4 Å². The number of nitrogens with zero attached hydrogens (tertiary/aromatic N) is 3. The first-order valence-corrected chi connectivity index (χ1v) is 10.9. The molecule has 10 heteroatoms. The van der Waals surface area contributed by atoms with Gasteiger partial charge in [0.15, 0.2) is 0 Å². The van der Waals surface area contributed by atoms with Gasteiger partial charge in [-0.2, -0.15) is 4.40 Å². The molecule has 4 heterocycles. The van der Waals surface area contributed by atoms with Crippen LogP contribution in [0.1, 0.15) is 18.7 Å². The van der Waals surface area contributed by atoms with Crippen LogP contribution in [0.5, 0.6) is 0 Å². The number of carbonyl (C=O) groups excluding carboxylic acids is 2. The van der Waals surface area contributed by atoms with Crippen LogP contribution in [-0.4, -0.2) is 50.7 Å². The molecule has 0 aliphatic carbocycles. The third kappa shape index (κ3) is 2.62. The zero-order valence-corrected chi connectivity index (χ0v) is 17.4. The summed E-state index contributed by atoms with van der Waals surface area (Å²) < 4.78 is 3.98. The number of rotatable bonds is 6. The number of thiazole rings is 1. The van der Waals surface area contributed by atoms with Crippen LogP contribution in [0, 0.1) is 11.8 Å². The molecule has 0 spiro atoms. The summed E-state index contributed by atoms with van der Waals surface area (Å²) in [6.07, 6.45) is 3.01. The molecule has 0 radical (unpaired) electrons. The van der Waals surface area contributed by atoms with Gasteiger partial charge in [0.2, 0.25) is 22.1 Å². The van der Waals surface area contributed by atoms with Crippen molar-refractivity contribution in [2.24, 2.45) is 24.6 Å². The molecule has 3 N–H and O–H groups in total. The number of β-lactam (4-membered cyclic amide) rings is 1. The highest BCUT2D eigenvalue weighted by molar-refractivity contribution is 7.99. The summed E-state index contributed by atoms with van der Waals surface area (Å²) in [6.45, 7) is 4.04. The van der Waals surface area contributed by atoms with E-state index in [9.17, 15) is 19.8 Å². The smallest absolute Gasteiger partial charge is 0.250 e. The Kier molecular flexibility index (Phi) is 4.77. The van der Waals surface area contributed by atoms with Gasteiger partial charge in [-0.05, 0) is 6.92 Å². The van der Waals surface area contributed by atoms with E-state index in [0.29, 0.717) is 12.1 Å². The van der Waals surface area contributed by atoms with Gasteiger partial charge in [0, 0.05) is 23.8 Å². The molecular weight excluding hydrogens is 400 g/mol. The first-order chi connectivity index (χ1) is 13.3. The van der Waals surface area contributed by atoms with Crippen LogP contribution < -0.4 is 15.4 Å². The molecule has 0 bridgehead atoms. The molecule has 0 saturated carbocycles. The molecule has 2 aromatic heterocycles. The summed E-state index contributed by atoms with van der Waals surface area (Å²) in [5.74, 6) is -1.72. The van der Waals surface area contributed by atoms with Crippen LogP contribution in [0.15, 0.2) is 23.2 Å². The van der Waals surface area contributed by atoms with Crippen LogP contribution in [-0.2, 0) is 16.6 Å². The van der Waals surface area contributed by atoms with Gasteiger partial charge in [-0.3, -0.25) is 4.79 Å². The molecule has 4 rings (SSSR count). The van der Waals surface area contributed by atoms with Crippen molar-refractivity contribution in [3.63, 3.8) is 0 Å². The number of aryl methyl sites for hydroxylation is 1. The second kappa shape index (κ2) is 6.87. The lowest BCUT2D eigenvalue weighted by molar-refractivity contribution is -0.705. The van der Waals surface area contributed by atoms with Gasteiger partial charge in [-0.25, -0.2) is 4.57 Å². The van der Waals surface area contributed by atoms with Crippen molar-refractivity contribution in [2.45, 2.75) is 31.0 Å². The van der Waals surface area contributed by atoms with E-state index in [1.165, 1.54) is 16.2 Å². The third-order valence-corrected chi connectivity index (χ3v) is 7.95. The summed E-state index contributed by atoms with van der Waals surface area (Å²) in [5, 5.41) is 22.9. The fraction of sp³-hybridized carbons (Fsp3) is 0.500. The number of aromatic nitrogens is 2. The Morgan fingerprint density at radius 3 is 2.86 bits per heavy atom. The average molecular weight is 423 g/mol. The summed E-state index contributed by atoms with van der Waals surface area (Å²) in [6, 6.07) is -0.348. The highest BCUT2D eigenvalue weighted by atomic mass is 32.2. The van der Waals surface area contributed by atoms with Gasteiger partial charge < -0.3 is 25.6 Å². The zero-order chi connectivity index (χ0) is 20.3. The topological polar surface area (TPSA) is 115 Å². The van der Waals surface area contributed by atoms with Gasteiger partial charge >= 0.3 is 0 Å². The van der Waals surface area contributed by atoms with Crippen molar-refractivity contribution in [1.82, 2.24) is 9.30 Å². The number of aliphatic hydroxyl groups excluding tert-OH is 1. The number of hydrogen-bond donors (Lipinski definition) is 2. The quantitative estimate of drug-likeness (QED) is 0.358. The molecule has 1 fully saturated rings. The average Bonchev–Trinajstić information content (AvgIpc) is 3.20. The van der Waals surface area contributed by atoms with E-state index < -0.39 is 18.0 Å². The van der Waals surface area contributed by atoms with E-state index in [1.807, 2.05) is 35.5 Å². The highest BCUT2D eigenvalue weighted by Crippen LogP contribution is 2.51. The second-order valence-corrected chi connectivity index (χ2v) is 9.39. The van der Waals surface area contributed by atoms with E-state index in [-0.39, 0.29) is 23.6 Å². The zero-order valence-electron chi connectivity index (χ0n) is 15.8. The highest BCUT2D eigenvalue weighted by Gasteiger charge is 2.59. The number of carboxylic acid groups (broad SMARTS) is 1. The predicted molar refractivity (Wildman–Crippen MR) is 103 cm³/mol. The molecule has 2 aliphatic heterocycles. The van der Waals surface area contributed by atoms with Gasteiger partial charge in [0.05, 0.1) is 41.7 Å². The molecule has 28 heavy (non-hydrogen) atoms. The summed E-state index contributed by atoms with van der Waals surface area (Å²) in [5.41, 5.74) is 6.17. The molecule has 1 amide bonds. The van der Waals surface area contributed by atoms with Crippen LogP contribution in [0.2, 0.25) is 0 Å². The summed E-state index contributed by atoms with van der Waals surface area (Å²) in [7, 11) is 1.96. The normalized spacial score (nSPS) is 25.4. The maximum Gasteiger partial charge on any atom is 0.250 e. The minimum absolute atomic E-state index is 0.0653. The molecule has 150 valence electrons. The maximum absolute atomic E-state index is 12.5. The number of nitrogens with two attached hydrogens (primary N) is 1. The largest absolute Gasteiger partial charge is 0.543 e. The van der Waals surface area contributed by atoms with Crippen LogP contribution in [0.4, 0.5) is 0 Å². The van der Waals surface area contributed by atoms with Crippen molar-refractivity contribution >= 4 is 45.4 Å². The minimum Gasteiger partial charge on any atom is -0.543 e. The molecule has 0 unspecified atom stereocenters. The molecular formula is C18H22N4O4S2. The number of carbonyl (C=O) groups is 2. The molecule has 2 aliphatic rings. The second-order valence-electron chi connectivity index (χ2n) is 7.28. The molecule has 2 aromatic rings. The van der Waals surface area contributed by atoms with Gasteiger partial charge in [0.25, 0.3) is 0 Å². The van der Waals surface area contributed by atoms with E-state index >= 15 is 0 Å². The van der Waals surface area contributed by atoms with Gasteiger partial charge in [-0.1, -0.05) is 30.0 Å². The number of hydrogen-bond acceptors (Lipinski definition) is 7. The van der Waals surface area contributed by atoms with E-state index in [0.717, 1.165) is 20.5 Å². The minimum atomic E-state index is -1.36. The number of aliphatic hydroxyl groups is 1. The SMILES string of the molecule is C[C@@H](O)[C@H]1C(=O)N2C(C(=O)[O-])=C(c3cn4c[n+](C)c(SCCN)c4s3)[C@H](C)[C@H]12. The summed E-state index contributed by atoms with van der Waals surface area (Å²) in [4.78, 5) is 27.5. The van der Waals surface area contributed by atoms with E-state index in [4.69, 9.17) is 5.73 Å². The predicted octanol–water partition coefficient (Wildman–Crippen LogP) is -0.805. The lowest BCUT2D eigenvalue weighted by Crippen LogP contribution is -2.64. The molecule has 0 aromatic carbocycles. The van der Waals surface area contributed by atoms with Crippen LogP contribution in [0.25, 0.3) is 10.4 Å². The fourth-order valence-electron chi connectivity index (χ4n) is 4.32. The summed E-state index contributed by atoms with van der Waals surface area (Å²) >= 11 is 3.14. The Labute approximate surface area is 170 Å². The number of imidazole rings is 1. The van der Waals surface area contributed by atoms with Crippen molar-refractivity contribution in [2.75, 3.05) is 12.3 Å². The van der Waals surface area contributed by atoms with Crippen molar-refractivity contribution in [3.05, 3.63) is 23.1 Å². The monoisotopic (exact) mass is 422 g/mol. The molecule has 8 nitrogen and oxygen atoms in total. The van der Waals surface area contributed by atoms with Crippen LogP contribution >= 0.6 is 23.1 Å². The van der Waals surface area contributed by atoms with E-state index in [2.05, 4.69) is 0 Å². The lowest BCUT2D eigenvalue weighted by Gasteiger charge is -2.47. The van der Waals surface area contributed by atoms with Gasteiger partial charge in [0.1, 0.15) is 6.20 Å². The Morgan fingerprint density at radius 1 is 1.54 bits per heavy atom. The Hall–Kier alpha value is -1.88. The molecule has 4 atom stereocenters. The fourth-order valence-corrected chi connectivity index (χ4v) is 6.62. The number of amides is 1. The number of fused-ring (bicyclic) bond motifs is 2. The first-order valence-electron chi connectivity index (χ1n) is 9.08. The molecule has 1 saturated heterocycles.